The summed E-state index contributed by atoms with van der Waals surface area (Å²) in [7, 11) is 0. The largest absolute Gasteiger partial charge is 0.328 e. The first-order chi connectivity index (χ1) is 14.9. The number of hydrogen-bond acceptors (Lipinski definition) is 4. The van der Waals surface area contributed by atoms with Crippen LogP contribution in [0.1, 0.15) is 57.6 Å². The Balaban J connectivity index is 1.36. The summed E-state index contributed by atoms with van der Waals surface area (Å²) < 4.78 is 2.14. The summed E-state index contributed by atoms with van der Waals surface area (Å²) >= 11 is 0. The number of nitrogens with zero attached hydrogens (tertiary/aromatic N) is 3. The highest BCUT2D eigenvalue weighted by Gasteiger charge is 2.28. The lowest BCUT2D eigenvalue weighted by Gasteiger charge is -2.31. The van der Waals surface area contributed by atoms with Gasteiger partial charge in [-0.3, -0.25) is 4.79 Å². The maximum absolute atomic E-state index is 13.1. The predicted octanol–water partition coefficient (Wildman–Crippen LogP) is 3.58. The predicted molar refractivity (Wildman–Crippen MR) is 125 cm³/mol. The van der Waals surface area contributed by atoms with Crippen LogP contribution in [0.3, 0.4) is 0 Å². The molecule has 2 heterocycles. The number of anilines is 1. The maximum atomic E-state index is 13.1. The summed E-state index contributed by atoms with van der Waals surface area (Å²) in [6.45, 7) is 9.95. The molecule has 1 unspecified atom stereocenters. The van der Waals surface area contributed by atoms with Crippen molar-refractivity contribution in [2.24, 2.45) is 0 Å². The van der Waals surface area contributed by atoms with Crippen molar-refractivity contribution in [3.05, 3.63) is 47.9 Å². The van der Waals surface area contributed by atoms with Crippen LogP contribution in [-0.2, 0) is 23.2 Å². The number of amides is 1. The van der Waals surface area contributed by atoms with Gasteiger partial charge in [0.05, 0.1) is 17.9 Å². The number of nitrogens with one attached hydrogen (secondary N) is 2. The van der Waals surface area contributed by atoms with Crippen molar-refractivity contribution in [2.45, 2.75) is 76.9 Å². The summed E-state index contributed by atoms with van der Waals surface area (Å²) in [6, 6.07) is 8.70. The summed E-state index contributed by atoms with van der Waals surface area (Å²) in [5.41, 5.74) is 2.74. The van der Waals surface area contributed by atoms with Crippen molar-refractivity contribution in [1.82, 2.24) is 19.8 Å². The quantitative estimate of drug-likeness (QED) is 0.647. The van der Waals surface area contributed by atoms with Gasteiger partial charge < -0.3 is 20.1 Å². The lowest BCUT2D eigenvalue weighted by molar-refractivity contribution is -0.118. The Morgan fingerprint density at radius 1 is 1.19 bits per heavy atom. The number of rotatable bonds is 9. The monoisotopic (exact) mass is 423 g/mol. The average Bonchev–Trinajstić information content (AvgIpc) is 3.47. The van der Waals surface area contributed by atoms with Crippen molar-refractivity contribution in [3.63, 3.8) is 0 Å². The fourth-order valence-electron chi connectivity index (χ4n) is 5.04. The molecule has 6 nitrogen and oxygen atoms in total. The van der Waals surface area contributed by atoms with Gasteiger partial charge in [0, 0.05) is 18.8 Å². The van der Waals surface area contributed by atoms with E-state index in [9.17, 15) is 4.79 Å². The van der Waals surface area contributed by atoms with E-state index in [1.807, 2.05) is 12.5 Å². The van der Waals surface area contributed by atoms with Gasteiger partial charge in [-0.2, -0.15) is 0 Å². The van der Waals surface area contributed by atoms with Gasteiger partial charge in [0.2, 0.25) is 5.91 Å². The van der Waals surface area contributed by atoms with E-state index in [4.69, 9.17) is 0 Å². The molecule has 0 spiro atoms. The second-order valence-electron chi connectivity index (χ2n) is 9.83. The van der Waals surface area contributed by atoms with Crippen LogP contribution in [0.4, 0.5) is 5.82 Å². The first kappa shape index (κ1) is 22.0. The van der Waals surface area contributed by atoms with E-state index in [2.05, 4.69) is 70.1 Å². The number of likely N-dealkylation sites (tertiary alicyclic amines) is 1. The van der Waals surface area contributed by atoms with Gasteiger partial charge in [-0.25, -0.2) is 4.98 Å². The third-order valence-electron chi connectivity index (χ3n) is 6.72. The molecule has 0 radical (unpaired) electrons. The molecule has 1 saturated heterocycles. The molecule has 1 aliphatic heterocycles. The number of aromatic nitrogens is 2. The Kier molecular flexibility index (Phi) is 6.77. The summed E-state index contributed by atoms with van der Waals surface area (Å²) in [5.74, 6) is 0.650. The Hall–Kier alpha value is -2.18. The molecule has 31 heavy (non-hydrogen) atoms. The van der Waals surface area contributed by atoms with Crippen LogP contribution < -0.4 is 10.6 Å². The maximum Gasteiger partial charge on any atom is 0.242 e. The van der Waals surface area contributed by atoms with E-state index in [1.165, 1.54) is 37.1 Å². The van der Waals surface area contributed by atoms with Gasteiger partial charge >= 0.3 is 0 Å². The van der Waals surface area contributed by atoms with Gasteiger partial charge in [-0.1, -0.05) is 37.6 Å². The summed E-state index contributed by atoms with van der Waals surface area (Å²) in [4.78, 5) is 20.1. The van der Waals surface area contributed by atoms with E-state index in [0.717, 1.165) is 32.2 Å². The fourth-order valence-corrected chi connectivity index (χ4v) is 5.04. The van der Waals surface area contributed by atoms with Gasteiger partial charge in [0.15, 0.2) is 5.82 Å². The lowest BCUT2D eigenvalue weighted by atomic mass is 10.1. The molecule has 1 atom stereocenters. The van der Waals surface area contributed by atoms with Crippen LogP contribution >= 0.6 is 0 Å². The first-order valence-electron chi connectivity index (χ1n) is 11.8. The molecular formula is C25H37N5O. The molecule has 6 heteroatoms. The zero-order chi connectivity index (χ0) is 21.8. The zero-order valence-electron chi connectivity index (χ0n) is 19.2. The van der Waals surface area contributed by atoms with Crippen molar-refractivity contribution in [2.75, 3.05) is 25.0 Å². The van der Waals surface area contributed by atoms with Crippen molar-refractivity contribution in [3.8, 4) is 0 Å². The smallest absolute Gasteiger partial charge is 0.242 e. The van der Waals surface area contributed by atoms with Crippen molar-refractivity contribution >= 4 is 11.7 Å². The molecule has 1 aromatic carbocycles. The van der Waals surface area contributed by atoms with E-state index in [-0.39, 0.29) is 17.5 Å². The minimum atomic E-state index is -0.202. The van der Waals surface area contributed by atoms with Crippen LogP contribution in [0.2, 0.25) is 0 Å². The Morgan fingerprint density at radius 3 is 2.52 bits per heavy atom. The van der Waals surface area contributed by atoms with Gasteiger partial charge in [-0.05, 0) is 70.2 Å². The molecule has 4 rings (SSSR count). The molecule has 2 aliphatic rings. The standard InChI is InChI=1S/C25H37N5O/c1-4-9-22(27-21-14-19-10-5-6-11-20(19)15-21)24(31)28-23-16-30(18-26-23)25(2,3)17-29-12-7-8-13-29/h5-6,10-11,16,18,21-22,27H,4,7-9,12-15,17H2,1-3H3,(H,28,31). The van der Waals surface area contributed by atoms with Crippen LogP contribution in [0.5, 0.6) is 0 Å². The van der Waals surface area contributed by atoms with Gasteiger partial charge in [0.25, 0.3) is 0 Å². The summed E-state index contributed by atoms with van der Waals surface area (Å²) in [6.07, 6.45) is 10.2. The number of imidazole rings is 1. The average molecular weight is 424 g/mol. The third kappa shape index (κ3) is 5.36. The highest BCUT2D eigenvalue weighted by atomic mass is 16.2. The van der Waals surface area contributed by atoms with Crippen LogP contribution in [-0.4, -0.2) is 52.1 Å². The minimum absolute atomic E-state index is 0.0143. The lowest BCUT2D eigenvalue weighted by Crippen LogP contribution is -2.46. The number of fused-ring (bicyclic) bond motifs is 1. The van der Waals surface area contributed by atoms with E-state index in [1.54, 1.807) is 0 Å². The molecule has 1 aliphatic carbocycles. The number of benzene rings is 1. The molecule has 2 N–H and O–H groups in total. The minimum Gasteiger partial charge on any atom is -0.328 e. The Labute approximate surface area is 186 Å². The molecule has 2 aromatic rings. The SMILES string of the molecule is CCCC(NC1Cc2ccccc2C1)C(=O)Nc1cn(C(C)(C)CN2CCCC2)cn1. The molecule has 1 amide bonds. The third-order valence-corrected chi connectivity index (χ3v) is 6.72. The number of carbonyl (C=O) groups excluding carboxylic acids is 1. The number of hydrogen-bond donors (Lipinski definition) is 2. The van der Waals surface area contributed by atoms with Crippen LogP contribution in [0.15, 0.2) is 36.8 Å². The molecule has 0 bridgehead atoms. The second kappa shape index (κ2) is 9.53. The van der Waals surface area contributed by atoms with Crippen molar-refractivity contribution in [1.29, 1.82) is 0 Å². The molecule has 168 valence electrons. The summed E-state index contributed by atoms with van der Waals surface area (Å²) in [5, 5.41) is 6.68. The van der Waals surface area contributed by atoms with Crippen LogP contribution in [0.25, 0.3) is 0 Å². The highest BCUT2D eigenvalue weighted by molar-refractivity contribution is 5.94. The molecular weight excluding hydrogens is 386 g/mol. The molecule has 1 fully saturated rings. The molecule has 1 aromatic heterocycles. The first-order valence-corrected chi connectivity index (χ1v) is 11.8. The van der Waals surface area contributed by atoms with E-state index >= 15 is 0 Å². The second-order valence-corrected chi connectivity index (χ2v) is 9.83. The number of carbonyl (C=O) groups is 1. The normalized spacial score (nSPS) is 18.3. The van der Waals surface area contributed by atoms with E-state index < -0.39 is 0 Å². The zero-order valence-corrected chi connectivity index (χ0v) is 19.2. The van der Waals surface area contributed by atoms with Gasteiger partial charge in [-0.15, -0.1) is 0 Å². The Bertz CT molecular complexity index is 859. The van der Waals surface area contributed by atoms with Gasteiger partial charge in [0.1, 0.15) is 0 Å². The Morgan fingerprint density at radius 2 is 1.87 bits per heavy atom. The highest BCUT2D eigenvalue weighted by Crippen LogP contribution is 2.23. The fraction of sp³-hybridized carbons (Fsp3) is 0.600. The molecule has 0 saturated carbocycles. The topological polar surface area (TPSA) is 62.2 Å². The van der Waals surface area contributed by atoms with E-state index in [0.29, 0.717) is 11.9 Å². The van der Waals surface area contributed by atoms with Crippen LogP contribution in [0, 0.1) is 0 Å². The van der Waals surface area contributed by atoms with Crippen molar-refractivity contribution < 1.29 is 4.79 Å².